The molecule has 0 spiro atoms. The molecule has 0 bridgehead atoms. The van der Waals surface area contributed by atoms with Crippen molar-refractivity contribution in [3.05, 3.63) is 59.7 Å². The molecule has 0 aliphatic heterocycles. The first-order valence-corrected chi connectivity index (χ1v) is 6.74. The fourth-order valence-corrected chi connectivity index (χ4v) is 1.90. The number of aromatic hydroxyl groups is 1. The van der Waals surface area contributed by atoms with Gasteiger partial charge in [0.2, 0.25) is 0 Å². The molecule has 0 fully saturated rings. The lowest BCUT2D eigenvalue weighted by molar-refractivity contribution is 0.337. The normalized spacial score (nSPS) is 12.5. The number of ether oxygens (including phenoxy) is 1. The Morgan fingerprint density at radius 3 is 2.60 bits per heavy atom. The molecule has 0 radical (unpaired) electrons. The molecule has 0 heterocycles. The van der Waals surface area contributed by atoms with Crippen molar-refractivity contribution in [3.8, 4) is 11.5 Å². The Balaban J connectivity index is 2.11. The predicted molar refractivity (Wildman–Crippen MR) is 81.7 cm³/mol. The summed E-state index contributed by atoms with van der Waals surface area (Å²) >= 11 is 0. The minimum absolute atomic E-state index is 0.0576. The van der Waals surface area contributed by atoms with Crippen molar-refractivity contribution in [3.63, 3.8) is 0 Å². The fourth-order valence-electron chi connectivity index (χ4n) is 1.90. The quantitative estimate of drug-likeness (QED) is 0.834. The van der Waals surface area contributed by atoms with Crippen LogP contribution in [0.3, 0.4) is 0 Å². The first-order valence-electron chi connectivity index (χ1n) is 6.74. The van der Waals surface area contributed by atoms with E-state index in [1.807, 2.05) is 56.3 Å². The second kappa shape index (κ2) is 6.75. The number of nitrogens with zero attached hydrogens (tertiary/aromatic N) is 1. The maximum absolute atomic E-state index is 9.93. The van der Waals surface area contributed by atoms with Crippen LogP contribution in [0.5, 0.6) is 11.5 Å². The Kier molecular flexibility index (Phi) is 4.77. The zero-order valence-electron chi connectivity index (χ0n) is 11.8. The van der Waals surface area contributed by atoms with Crippen LogP contribution in [0.25, 0.3) is 0 Å². The van der Waals surface area contributed by atoms with Crippen molar-refractivity contribution in [2.75, 3.05) is 6.61 Å². The third-order valence-corrected chi connectivity index (χ3v) is 3.03. The molecule has 3 heteroatoms. The van der Waals surface area contributed by atoms with Gasteiger partial charge in [-0.1, -0.05) is 30.3 Å². The number of phenols is 1. The molecule has 0 saturated heterocycles. The largest absolute Gasteiger partial charge is 0.507 e. The van der Waals surface area contributed by atoms with E-state index in [9.17, 15) is 5.11 Å². The van der Waals surface area contributed by atoms with Crippen molar-refractivity contribution in [1.82, 2.24) is 0 Å². The molecule has 0 amide bonds. The van der Waals surface area contributed by atoms with E-state index < -0.39 is 0 Å². The summed E-state index contributed by atoms with van der Waals surface area (Å²) in [4.78, 5) is 4.48. The summed E-state index contributed by atoms with van der Waals surface area (Å²) in [6, 6.07) is 15.4. The topological polar surface area (TPSA) is 41.8 Å². The summed E-state index contributed by atoms with van der Waals surface area (Å²) < 4.78 is 5.33. The lowest BCUT2D eigenvalue weighted by atomic mass is 10.1. The van der Waals surface area contributed by atoms with E-state index in [1.165, 1.54) is 0 Å². The third-order valence-electron chi connectivity index (χ3n) is 3.03. The van der Waals surface area contributed by atoms with Gasteiger partial charge in [0.15, 0.2) is 0 Å². The summed E-state index contributed by atoms with van der Waals surface area (Å²) in [5.41, 5.74) is 1.84. The highest BCUT2D eigenvalue weighted by Gasteiger charge is 2.03. The molecule has 2 aromatic rings. The minimum Gasteiger partial charge on any atom is -0.507 e. The molecule has 0 aliphatic rings. The lowest BCUT2D eigenvalue weighted by Gasteiger charge is -2.07. The molecule has 20 heavy (non-hydrogen) atoms. The molecule has 3 nitrogen and oxygen atoms in total. The first-order chi connectivity index (χ1) is 9.70. The van der Waals surface area contributed by atoms with E-state index in [-0.39, 0.29) is 11.8 Å². The SMILES string of the molecule is CCOc1ccc(C=NC(C)c2ccccc2)c(O)c1. The number of rotatable bonds is 5. The van der Waals surface area contributed by atoms with Crippen LogP contribution in [0.1, 0.15) is 31.0 Å². The van der Waals surface area contributed by atoms with Crippen LogP contribution in [0.15, 0.2) is 53.5 Å². The molecule has 2 rings (SSSR count). The molecular weight excluding hydrogens is 250 g/mol. The highest BCUT2D eigenvalue weighted by Crippen LogP contribution is 2.23. The Morgan fingerprint density at radius 2 is 1.95 bits per heavy atom. The number of phenolic OH excluding ortho intramolecular Hbond substituents is 1. The van der Waals surface area contributed by atoms with E-state index >= 15 is 0 Å². The van der Waals surface area contributed by atoms with Gasteiger partial charge in [0.25, 0.3) is 0 Å². The average molecular weight is 269 g/mol. The van der Waals surface area contributed by atoms with Crippen LogP contribution in [-0.4, -0.2) is 17.9 Å². The van der Waals surface area contributed by atoms with Crippen LogP contribution in [0, 0.1) is 0 Å². The van der Waals surface area contributed by atoms with Crippen molar-refractivity contribution in [2.45, 2.75) is 19.9 Å². The molecule has 2 aromatic carbocycles. The van der Waals surface area contributed by atoms with E-state index in [4.69, 9.17) is 4.74 Å². The third kappa shape index (κ3) is 3.60. The van der Waals surface area contributed by atoms with Crippen molar-refractivity contribution in [1.29, 1.82) is 0 Å². The minimum atomic E-state index is 0.0576. The zero-order chi connectivity index (χ0) is 14.4. The summed E-state index contributed by atoms with van der Waals surface area (Å²) in [5.74, 6) is 0.846. The van der Waals surface area contributed by atoms with Gasteiger partial charge in [-0.15, -0.1) is 0 Å². The van der Waals surface area contributed by atoms with Gasteiger partial charge in [-0.2, -0.15) is 0 Å². The molecule has 0 aromatic heterocycles. The monoisotopic (exact) mass is 269 g/mol. The number of hydrogen-bond acceptors (Lipinski definition) is 3. The predicted octanol–water partition coefficient (Wildman–Crippen LogP) is 3.97. The van der Waals surface area contributed by atoms with E-state index in [1.54, 1.807) is 12.3 Å². The van der Waals surface area contributed by atoms with Gasteiger partial charge in [0, 0.05) is 17.8 Å². The second-order valence-corrected chi connectivity index (χ2v) is 4.52. The van der Waals surface area contributed by atoms with E-state index in [2.05, 4.69) is 4.99 Å². The van der Waals surface area contributed by atoms with E-state index in [0.717, 1.165) is 5.56 Å². The van der Waals surface area contributed by atoms with Crippen LogP contribution >= 0.6 is 0 Å². The highest BCUT2D eigenvalue weighted by molar-refractivity contribution is 5.83. The van der Waals surface area contributed by atoms with Gasteiger partial charge in [0.05, 0.1) is 12.6 Å². The van der Waals surface area contributed by atoms with Crippen LogP contribution in [0.2, 0.25) is 0 Å². The van der Waals surface area contributed by atoms with Gasteiger partial charge in [-0.3, -0.25) is 4.99 Å². The Labute approximate surface area is 119 Å². The zero-order valence-corrected chi connectivity index (χ0v) is 11.8. The molecule has 1 unspecified atom stereocenters. The maximum Gasteiger partial charge on any atom is 0.128 e. The maximum atomic E-state index is 9.93. The van der Waals surface area contributed by atoms with Crippen molar-refractivity contribution >= 4 is 6.21 Å². The lowest BCUT2D eigenvalue weighted by Crippen LogP contribution is -1.93. The Hall–Kier alpha value is -2.29. The molecule has 1 atom stereocenters. The Morgan fingerprint density at radius 1 is 1.20 bits per heavy atom. The van der Waals surface area contributed by atoms with Gasteiger partial charge in [-0.05, 0) is 31.5 Å². The molecule has 0 aliphatic carbocycles. The summed E-state index contributed by atoms with van der Waals surface area (Å²) in [5, 5.41) is 9.93. The van der Waals surface area contributed by atoms with Crippen LogP contribution in [0.4, 0.5) is 0 Å². The van der Waals surface area contributed by atoms with Gasteiger partial charge < -0.3 is 9.84 Å². The van der Waals surface area contributed by atoms with Crippen LogP contribution in [-0.2, 0) is 0 Å². The number of aliphatic imine (C=N–C) groups is 1. The standard InChI is InChI=1S/C17H19NO2/c1-3-20-16-10-9-15(17(19)11-16)12-18-13(2)14-7-5-4-6-8-14/h4-13,19H,3H2,1-2H3. The van der Waals surface area contributed by atoms with Crippen molar-refractivity contribution < 1.29 is 9.84 Å². The molecule has 0 saturated carbocycles. The smallest absolute Gasteiger partial charge is 0.128 e. The number of hydrogen-bond donors (Lipinski definition) is 1. The fraction of sp³-hybridized carbons (Fsp3) is 0.235. The van der Waals surface area contributed by atoms with Gasteiger partial charge in [-0.25, -0.2) is 0 Å². The first kappa shape index (κ1) is 14.1. The second-order valence-electron chi connectivity index (χ2n) is 4.52. The summed E-state index contributed by atoms with van der Waals surface area (Å²) in [6.07, 6.45) is 1.70. The van der Waals surface area contributed by atoms with Gasteiger partial charge >= 0.3 is 0 Å². The van der Waals surface area contributed by atoms with Gasteiger partial charge in [0.1, 0.15) is 11.5 Å². The van der Waals surface area contributed by atoms with Crippen molar-refractivity contribution in [2.24, 2.45) is 4.99 Å². The summed E-state index contributed by atoms with van der Waals surface area (Å²) in [6.45, 7) is 4.52. The summed E-state index contributed by atoms with van der Waals surface area (Å²) in [7, 11) is 0. The Bertz CT molecular complexity index is 579. The van der Waals surface area contributed by atoms with E-state index in [0.29, 0.717) is 17.9 Å². The number of benzene rings is 2. The molecule has 104 valence electrons. The average Bonchev–Trinajstić information content (AvgIpc) is 2.47. The van der Waals surface area contributed by atoms with Crippen LogP contribution < -0.4 is 4.74 Å². The molecule has 1 N–H and O–H groups in total. The molecular formula is C17H19NO2. The highest BCUT2D eigenvalue weighted by atomic mass is 16.5.